The average molecular weight is 391 g/mol. The lowest BCUT2D eigenvalue weighted by molar-refractivity contribution is 0.102. The van der Waals surface area contributed by atoms with Gasteiger partial charge in [0.15, 0.2) is 17.1 Å². The van der Waals surface area contributed by atoms with E-state index in [1.54, 1.807) is 30.3 Å². The van der Waals surface area contributed by atoms with E-state index in [-0.39, 0.29) is 11.5 Å². The number of aromatic nitrogens is 3. The van der Waals surface area contributed by atoms with Gasteiger partial charge in [0.05, 0.1) is 11.1 Å². The first-order valence-corrected chi connectivity index (χ1v) is 7.99. The number of fused-ring (bicyclic) bond motifs is 1. The minimum atomic E-state index is -0.725. The van der Waals surface area contributed by atoms with Crippen LogP contribution in [0.5, 0.6) is 0 Å². The quantitative estimate of drug-likeness (QED) is 0.550. The summed E-state index contributed by atoms with van der Waals surface area (Å²) in [6, 6.07) is 9.52. The van der Waals surface area contributed by atoms with E-state index in [0.29, 0.717) is 32.3 Å². The first kappa shape index (κ1) is 16.4. The molecule has 10 heteroatoms. The number of aromatic amines is 1. The Morgan fingerprint density at radius 1 is 1.04 bits per heavy atom. The molecule has 0 atom stereocenters. The van der Waals surface area contributed by atoms with Gasteiger partial charge in [-0.25, -0.2) is 4.79 Å². The number of carbonyl (C=O) groups is 1. The third kappa shape index (κ3) is 2.96. The molecule has 1 amide bonds. The van der Waals surface area contributed by atoms with Gasteiger partial charge in [0, 0.05) is 21.7 Å². The van der Waals surface area contributed by atoms with Crippen LogP contribution in [-0.2, 0) is 0 Å². The molecule has 0 fully saturated rings. The van der Waals surface area contributed by atoms with Crippen molar-refractivity contribution < 1.29 is 13.8 Å². The number of hydrogen-bond acceptors (Lipinski definition) is 6. The highest BCUT2D eigenvalue weighted by atomic mass is 35.5. The van der Waals surface area contributed by atoms with Gasteiger partial charge in [-0.3, -0.25) is 14.3 Å². The number of halogens is 2. The summed E-state index contributed by atoms with van der Waals surface area (Å²) in [5, 5.41) is 11.5. The van der Waals surface area contributed by atoms with Gasteiger partial charge >= 0.3 is 5.76 Å². The van der Waals surface area contributed by atoms with Gasteiger partial charge in [0.1, 0.15) is 0 Å². The average Bonchev–Trinajstić information content (AvgIpc) is 3.22. The number of benzene rings is 2. The van der Waals surface area contributed by atoms with Gasteiger partial charge in [-0.15, -0.1) is 0 Å². The summed E-state index contributed by atoms with van der Waals surface area (Å²) in [4.78, 5) is 26.2. The Morgan fingerprint density at radius 3 is 2.58 bits per heavy atom. The van der Waals surface area contributed by atoms with E-state index in [4.69, 9.17) is 27.7 Å². The second-order valence-electron chi connectivity index (χ2n) is 5.26. The van der Waals surface area contributed by atoms with E-state index in [9.17, 15) is 9.59 Å². The summed E-state index contributed by atoms with van der Waals surface area (Å²) in [6.45, 7) is 0. The highest BCUT2D eigenvalue weighted by Crippen LogP contribution is 2.29. The fraction of sp³-hybridized carbons (Fsp3) is 0. The van der Waals surface area contributed by atoms with Gasteiger partial charge in [0.25, 0.3) is 5.91 Å². The number of anilines is 1. The van der Waals surface area contributed by atoms with Crippen LogP contribution >= 0.6 is 23.2 Å². The molecule has 0 radical (unpaired) electrons. The summed E-state index contributed by atoms with van der Waals surface area (Å²) in [6.07, 6.45) is 0. The predicted molar refractivity (Wildman–Crippen MR) is 94.5 cm³/mol. The fourth-order valence-electron chi connectivity index (χ4n) is 2.42. The van der Waals surface area contributed by atoms with Crippen molar-refractivity contribution in [2.24, 2.45) is 0 Å². The van der Waals surface area contributed by atoms with Gasteiger partial charge in [-0.2, -0.15) is 0 Å². The predicted octanol–water partition coefficient (Wildman–Crippen LogP) is 3.73. The van der Waals surface area contributed by atoms with E-state index < -0.39 is 11.7 Å². The van der Waals surface area contributed by atoms with Crippen molar-refractivity contribution in [3.8, 4) is 11.4 Å². The van der Waals surface area contributed by atoms with Crippen LogP contribution in [0.15, 0.2) is 50.2 Å². The molecule has 0 spiro atoms. The highest BCUT2D eigenvalue weighted by molar-refractivity contribution is 6.31. The maximum atomic E-state index is 12.6. The molecule has 2 aromatic carbocycles. The first-order chi connectivity index (χ1) is 12.5. The van der Waals surface area contributed by atoms with Crippen molar-refractivity contribution in [3.05, 3.63) is 62.7 Å². The molecule has 2 heterocycles. The smallest absolute Gasteiger partial charge is 0.355 e. The maximum absolute atomic E-state index is 12.6. The number of rotatable bonds is 3. The Morgan fingerprint density at radius 2 is 1.81 bits per heavy atom. The Balaban J connectivity index is 1.73. The maximum Gasteiger partial charge on any atom is 0.439 e. The van der Waals surface area contributed by atoms with Crippen molar-refractivity contribution in [3.63, 3.8) is 0 Å². The van der Waals surface area contributed by atoms with Crippen molar-refractivity contribution in [2.75, 3.05) is 5.32 Å². The molecule has 0 unspecified atom stereocenters. The molecular formula is C16H8Cl2N4O4. The van der Waals surface area contributed by atoms with E-state index in [2.05, 4.69) is 25.1 Å². The van der Waals surface area contributed by atoms with Crippen LogP contribution in [0, 0.1) is 0 Å². The number of hydrogen-bond donors (Lipinski definition) is 2. The highest BCUT2D eigenvalue weighted by Gasteiger charge is 2.19. The van der Waals surface area contributed by atoms with Gasteiger partial charge in [-0.1, -0.05) is 33.5 Å². The zero-order valence-electron chi connectivity index (χ0n) is 12.7. The number of amides is 1. The molecule has 4 aromatic rings. The zero-order valence-corrected chi connectivity index (χ0v) is 14.3. The van der Waals surface area contributed by atoms with Crippen LogP contribution in [0.2, 0.25) is 10.0 Å². The summed E-state index contributed by atoms with van der Waals surface area (Å²) in [5.41, 5.74) is 1.22. The van der Waals surface area contributed by atoms with Gasteiger partial charge < -0.3 is 9.84 Å². The normalized spacial score (nSPS) is 11.0. The lowest BCUT2D eigenvalue weighted by Gasteiger charge is -2.08. The lowest BCUT2D eigenvalue weighted by atomic mass is 10.1. The second kappa shape index (κ2) is 6.32. The van der Waals surface area contributed by atoms with Crippen molar-refractivity contribution in [2.45, 2.75) is 0 Å². The Kier molecular flexibility index (Phi) is 3.98. The minimum absolute atomic E-state index is 0.0891. The molecule has 0 saturated heterocycles. The topological polar surface area (TPSA) is 114 Å². The molecule has 0 aliphatic heterocycles. The third-order valence-corrected chi connectivity index (χ3v) is 4.04. The fourth-order valence-corrected chi connectivity index (χ4v) is 2.76. The van der Waals surface area contributed by atoms with Crippen LogP contribution < -0.4 is 11.1 Å². The minimum Gasteiger partial charge on any atom is -0.355 e. The van der Waals surface area contributed by atoms with E-state index >= 15 is 0 Å². The summed E-state index contributed by atoms with van der Waals surface area (Å²) >= 11 is 11.9. The molecule has 130 valence electrons. The monoisotopic (exact) mass is 390 g/mol. The van der Waals surface area contributed by atoms with Crippen LogP contribution in [-0.4, -0.2) is 21.2 Å². The molecule has 0 aliphatic rings. The third-order valence-electron chi connectivity index (χ3n) is 3.57. The van der Waals surface area contributed by atoms with Crippen LogP contribution in [0.3, 0.4) is 0 Å². The van der Waals surface area contributed by atoms with Crippen molar-refractivity contribution in [1.82, 2.24) is 15.3 Å². The van der Waals surface area contributed by atoms with Crippen LogP contribution in [0.25, 0.3) is 22.4 Å². The summed E-state index contributed by atoms with van der Waals surface area (Å²) < 4.78 is 9.64. The molecule has 8 nitrogen and oxygen atoms in total. The molecule has 4 rings (SSSR count). The van der Waals surface area contributed by atoms with E-state index in [1.807, 2.05) is 0 Å². The molecule has 2 aromatic heterocycles. The number of nitrogens with one attached hydrogen (secondary N) is 2. The molecule has 2 N–H and O–H groups in total. The molecular weight excluding hydrogens is 383 g/mol. The summed E-state index contributed by atoms with van der Waals surface area (Å²) in [5.74, 6) is -1.11. The Hall–Kier alpha value is -3.10. The molecule has 0 aliphatic carbocycles. The van der Waals surface area contributed by atoms with Gasteiger partial charge in [0.2, 0.25) is 0 Å². The van der Waals surface area contributed by atoms with Crippen LogP contribution in [0.1, 0.15) is 10.5 Å². The number of H-pyrrole nitrogens is 1. The molecule has 0 bridgehead atoms. The standard InChI is InChI=1S/C16H8Cl2N4O4/c17-7-2-4-11(10(5-7)14-20-16(24)26-22-14)19-15(23)13-9-3-1-8(18)6-12(9)25-21-13/h1-6H,(H,19,23)(H,20,22,24). The lowest BCUT2D eigenvalue weighted by Crippen LogP contribution is -2.13. The molecule has 26 heavy (non-hydrogen) atoms. The first-order valence-electron chi connectivity index (χ1n) is 7.23. The number of carbonyl (C=O) groups excluding carboxylic acids is 1. The SMILES string of the molecule is O=C(Nc1ccc(Cl)cc1-c1noc(=O)[nH]1)c1noc2cc(Cl)ccc12. The number of nitrogens with zero attached hydrogens (tertiary/aromatic N) is 2. The molecule has 0 saturated carbocycles. The van der Waals surface area contributed by atoms with Crippen LogP contribution in [0.4, 0.5) is 5.69 Å². The van der Waals surface area contributed by atoms with Crippen molar-refractivity contribution >= 4 is 45.8 Å². The Labute approximate surface area is 154 Å². The zero-order chi connectivity index (χ0) is 18.3. The largest absolute Gasteiger partial charge is 0.439 e. The van der Waals surface area contributed by atoms with E-state index in [1.165, 1.54) is 6.07 Å². The Bertz CT molecular complexity index is 1190. The van der Waals surface area contributed by atoms with Crippen molar-refractivity contribution in [1.29, 1.82) is 0 Å². The summed E-state index contributed by atoms with van der Waals surface area (Å²) in [7, 11) is 0. The van der Waals surface area contributed by atoms with Gasteiger partial charge in [-0.05, 0) is 30.3 Å². The second-order valence-corrected chi connectivity index (χ2v) is 6.13. The van der Waals surface area contributed by atoms with E-state index in [0.717, 1.165) is 0 Å².